The third kappa shape index (κ3) is 2.43. The van der Waals surface area contributed by atoms with Crippen molar-refractivity contribution in [1.82, 2.24) is 0 Å². The molecule has 0 radical (unpaired) electrons. The molecule has 2 aromatic carbocycles. The molecule has 2 nitrogen and oxygen atoms in total. The molecule has 1 heterocycles. The summed E-state index contributed by atoms with van der Waals surface area (Å²) in [6.45, 7) is 2.96. The standard InChI is InChI=1S/C17H19NO/c1-13-5-3-7-15(11-13)18(2)16-9-8-14-6-4-10-19-17(14)12-16/h3,5,7-9,11-12H,4,6,10H2,1-2H3. The minimum atomic E-state index is 0.838. The van der Waals surface area contributed by atoms with Gasteiger partial charge in [0.15, 0.2) is 0 Å². The number of aryl methyl sites for hydroxylation is 2. The molecule has 98 valence electrons. The molecule has 2 aromatic rings. The number of rotatable bonds is 2. The first-order chi connectivity index (χ1) is 9.24. The van der Waals surface area contributed by atoms with Gasteiger partial charge < -0.3 is 9.64 Å². The normalized spacial score (nSPS) is 13.6. The van der Waals surface area contributed by atoms with Gasteiger partial charge in [-0.05, 0) is 49.1 Å². The lowest BCUT2D eigenvalue weighted by molar-refractivity contribution is 0.288. The van der Waals surface area contributed by atoms with Gasteiger partial charge in [-0.1, -0.05) is 18.2 Å². The number of anilines is 2. The van der Waals surface area contributed by atoms with Crippen molar-refractivity contribution in [2.45, 2.75) is 19.8 Å². The molecule has 0 aliphatic carbocycles. The zero-order valence-electron chi connectivity index (χ0n) is 11.5. The Balaban J connectivity index is 1.93. The van der Waals surface area contributed by atoms with Gasteiger partial charge in [0, 0.05) is 24.5 Å². The zero-order valence-corrected chi connectivity index (χ0v) is 11.5. The number of hydrogen-bond acceptors (Lipinski definition) is 2. The fourth-order valence-corrected chi connectivity index (χ4v) is 2.52. The number of fused-ring (bicyclic) bond motifs is 1. The van der Waals surface area contributed by atoms with Gasteiger partial charge in [-0.15, -0.1) is 0 Å². The van der Waals surface area contributed by atoms with Crippen molar-refractivity contribution in [2.24, 2.45) is 0 Å². The largest absolute Gasteiger partial charge is 0.493 e. The van der Waals surface area contributed by atoms with E-state index in [-0.39, 0.29) is 0 Å². The lowest BCUT2D eigenvalue weighted by Crippen LogP contribution is -2.12. The first-order valence-electron chi connectivity index (χ1n) is 6.80. The molecule has 0 saturated heterocycles. The Morgan fingerprint density at radius 2 is 1.89 bits per heavy atom. The average Bonchev–Trinajstić information content (AvgIpc) is 2.46. The number of benzene rings is 2. The minimum Gasteiger partial charge on any atom is -0.493 e. The summed E-state index contributed by atoms with van der Waals surface area (Å²) in [6, 6.07) is 15.1. The van der Waals surface area contributed by atoms with Gasteiger partial charge in [0.25, 0.3) is 0 Å². The molecule has 1 aliphatic heterocycles. The Labute approximate surface area is 114 Å². The van der Waals surface area contributed by atoms with Crippen LogP contribution in [0.1, 0.15) is 17.5 Å². The van der Waals surface area contributed by atoms with Gasteiger partial charge in [0.2, 0.25) is 0 Å². The van der Waals surface area contributed by atoms with Crippen molar-refractivity contribution in [1.29, 1.82) is 0 Å². The lowest BCUT2D eigenvalue weighted by atomic mass is 10.1. The van der Waals surface area contributed by atoms with Crippen LogP contribution in [-0.4, -0.2) is 13.7 Å². The second-order valence-electron chi connectivity index (χ2n) is 5.14. The molecule has 0 aromatic heterocycles. The molecule has 3 rings (SSSR count). The summed E-state index contributed by atoms with van der Waals surface area (Å²) >= 11 is 0. The summed E-state index contributed by atoms with van der Waals surface area (Å²) < 4.78 is 5.75. The highest BCUT2D eigenvalue weighted by atomic mass is 16.5. The van der Waals surface area contributed by atoms with Crippen LogP contribution in [0, 0.1) is 6.92 Å². The topological polar surface area (TPSA) is 12.5 Å². The van der Waals surface area contributed by atoms with E-state index in [1.54, 1.807) is 0 Å². The van der Waals surface area contributed by atoms with Gasteiger partial charge in [-0.3, -0.25) is 0 Å². The van der Waals surface area contributed by atoms with E-state index in [2.05, 4.69) is 61.3 Å². The van der Waals surface area contributed by atoms with Crippen LogP contribution >= 0.6 is 0 Å². The lowest BCUT2D eigenvalue weighted by Gasteiger charge is -2.23. The molecule has 0 N–H and O–H groups in total. The summed E-state index contributed by atoms with van der Waals surface area (Å²) in [4.78, 5) is 2.20. The predicted molar refractivity (Wildman–Crippen MR) is 79.5 cm³/mol. The quantitative estimate of drug-likeness (QED) is 0.799. The fourth-order valence-electron chi connectivity index (χ4n) is 2.52. The number of nitrogens with zero attached hydrogens (tertiary/aromatic N) is 1. The van der Waals surface area contributed by atoms with Crippen LogP contribution in [0.4, 0.5) is 11.4 Å². The maximum atomic E-state index is 5.75. The monoisotopic (exact) mass is 253 g/mol. The molecule has 0 spiro atoms. The van der Waals surface area contributed by atoms with Crippen LogP contribution in [-0.2, 0) is 6.42 Å². The van der Waals surface area contributed by atoms with Crippen LogP contribution < -0.4 is 9.64 Å². The molecular weight excluding hydrogens is 234 g/mol. The van der Waals surface area contributed by atoms with Crippen LogP contribution in [0.15, 0.2) is 42.5 Å². The van der Waals surface area contributed by atoms with Gasteiger partial charge in [-0.2, -0.15) is 0 Å². The van der Waals surface area contributed by atoms with E-state index in [0.717, 1.165) is 25.2 Å². The number of ether oxygens (including phenoxy) is 1. The molecule has 0 amide bonds. The average molecular weight is 253 g/mol. The van der Waals surface area contributed by atoms with Gasteiger partial charge in [0.1, 0.15) is 5.75 Å². The van der Waals surface area contributed by atoms with Gasteiger partial charge in [-0.25, -0.2) is 0 Å². The number of hydrogen-bond donors (Lipinski definition) is 0. The summed E-state index contributed by atoms with van der Waals surface area (Å²) in [6.07, 6.45) is 2.25. The molecule has 0 bridgehead atoms. The Hall–Kier alpha value is -1.96. The third-order valence-electron chi connectivity index (χ3n) is 3.68. The summed E-state index contributed by atoms with van der Waals surface area (Å²) in [5, 5.41) is 0. The predicted octanol–water partition coefficient (Wildman–Crippen LogP) is 4.09. The summed E-state index contributed by atoms with van der Waals surface area (Å²) in [7, 11) is 2.10. The summed E-state index contributed by atoms with van der Waals surface area (Å²) in [5.74, 6) is 1.04. The fraction of sp³-hybridized carbons (Fsp3) is 0.294. The van der Waals surface area contributed by atoms with Crippen molar-refractivity contribution in [3.05, 3.63) is 53.6 Å². The van der Waals surface area contributed by atoms with E-state index < -0.39 is 0 Å². The summed E-state index contributed by atoms with van der Waals surface area (Å²) in [5.41, 5.74) is 4.98. The molecule has 2 heteroatoms. The van der Waals surface area contributed by atoms with Crippen LogP contribution in [0.3, 0.4) is 0 Å². The van der Waals surface area contributed by atoms with Crippen molar-refractivity contribution >= 4 is 11.4 Å². The Morgan fingerprint density at radius 3 is 2.74 bits per heavy atom. The van der Waals surface area contributed by atoms with Crippen molar-refractivity contribution in [2.75, 3.05) is 18.6 Å². The highest BCUT2D eigenvalue weighted by Gasteiger charge is 2.12. The maximum absolute atomic E-state index is 5.75. The zero-order chi connectivity index (χ0) is 13.2. The highest BCUT2D eigenvalue weighted by molar-refractivity contribution is 5.65. The first-order valence-corrected chi connectivity index (χ1v) is 6.80. The molecular formula is C17H19NO. The molecule has 0 saturated carbocycles. The molecule has 0 atom stereocenters. The van der Waals surface area contributed by atoms with Crippen molar-refractivity contribution < 1.29 is 4.74 Å². The first kappa shape index (κ1) is 12.1. The van der Waals surface area contributed by atoms with E-state index in [0.29, 0.717) is 0 Å². The smallest absolute Gasteiger partial charge is 0.124 e. The molecule has 19 heavy (non-hydrogen) atoms. The minimum absolute atomic E-state index is 0.838. The van der Waals surface area contributed by atoms with Crippen molar-refractivity contribution in [3.63, 3.8) is 0 Å². The highest BCUT2D eigenvalue weighted by Crippen LogP contribution is 2.32. The van der Waals surface area contributed by atoms with E-state index in [1.165, 1.54) is 22.5 Å². The van der Waals surface area contributed by atoms with E-state index in [1.807, 2.05) is 0 Å². The Kier molecular flexibility index (Phi) is 3.16. The van der Waals surface area contributed by atoms with Gasteiger partial charge in [0.05, 0.1) is 6.61 Å². The van der Waals surface area contributed by atoms with E-state index >= 15 is 0 Å². The van der Waals surface area contributed by atoms with Crippen molar-refractivity contribution in [3.8, 4) is 5.75 Å². The molecule has 0 unspecified atom stereocenters. The van der Waals surface area contributed by atoms with E-state index in [4.69, 9.17) is 4.74 Å². The molecule has 1 aliphatic rings. The second-order valence-corrected chi connectivity index (χ2v) is 5.14. The van der Waals surface area contributed by atoms with E-state index in [9.17, 15) is 0 Å². The van der Waals surface area contributed by atoms with Crippen LogP contribution in [0.2, 0.25) is 0 Å². The third-order valence-corrected chi connectivity index (χ3v) is 3.68. The SMILES string of the molecule is Cc1cccc(N(C)c2ccc3c(c2)OCCC3)c1. The van der Waals surface area contributed by atoms with Gasteiger partial charge >= 0.3 is 0 Å². The second kappa shape index (κ2) is 4.96. The maximum Gasteiger partial charge on any atom is 0.124 e. The van der Waals surface area contributed by atoms with Crippen LogP contribution in [0.5, 0.6) is 5.75 Å². The molecule has 0 fully saturated rings. The van der Waals surface area contributed by atoms with Crippen LogP contribution in [0.25, 0.3) is 0 Å². The Bertz CT molecular complexity index is 592. The Morgan fingerprint density at radius 1 is 1.05 bits per heavy atom.